The minimum absolute atomic E-state index is 0.0253. The first-order valence-electron chi connectivity index (χ1n) is 9.62. The number of nitrogens with zero attached hydrogens (tertiary/aromatic N) is 1. The molecule has 1 fully saturated rings. The Morgan fingerprint density at radius 2 is 1.67 bits per heavy atom. The lowest BCUT2D eigenvalue weighted by molar-refractivity contribution is 0.0208. The SMILES string of the molecule is CC(C)(C)OC(=O)N1C[C@H](O[Si](C)(C)C(C)(C)C)C[C@@H]1c1ccc(Br)cc1. The second-order valence-corrected chi connectivity index (χ2v) is 15.6. The highest BCUT2D eigenvalue weighted by molar-refractivity contribution is 9.10. The van der Waals surface area contributed by atoms with Crippen LogP contribution in [0.25, 0.3) is 0 Å². The number of carbonyl (C=O) groups is 1. The van der Waals surface area contributed by atoms with Crippen molar-refractivity contribution in [2.75, 3.05) is 6.54 Å². The van der Waals surface area contributed by atoms with Crippen molar-refractivity contribution in [2.45, 2.75) is 83.8 Å². The number of amides is 1. The van der Waals surface area contributed by atoms with Crippen LogP contribution in [-0.4, -0.2) is 37.6 Å². The van der Waals surface area contributed by atoms with E-state index in [1.54, 1.807) is 0 Å². The van der Waals surface area contributed by atoms with Gasteiger partial charge < -0.3 is 9.16 Å². The predicted molar refractivity (Wildman–Crippen MR) is 117 cm³/mol. The Morgan fingerprint density at radius 1 is 1.11 bits per heavy atom. The summed E-state index contributed by atoms with van der Waals surface area (Å²) in [6.07, 6.45) is 0.566. The molecule has 27 heavy (non-hydrogen) atoms. The smallest absolute Gasteiger partial charge is 0.410 e. The highest BCUT2D eigenvalue weighted by Crippen LogP contribution is 2.41. The fourth-order valence-electron chi connectivity index (χ4n) is 3.00. The van der Waals surface area contributed by atoms with Crippen LogP contribution in [0.2, 0.25) is 18.1 Å². The van der Waals surface area contributed by atoms with Crippen molar-refractivity contribution >= 4 is 30.3 Å². The van der Waals surface area contributed by atoms with Crippen LogP contribution in [0, 0.1) is 0 Å². The van der Waals surface area contributed by atoms with Crippen molar-refractivity contribution in [3.05, 3.63) is 34.3 Å². The summed E-state index contributed by atoms with van der Waals surface area (Å²) in [5.74, 6) is 0. The molecule has 1 aliphatic rings. The van der Waals surface area contributed by atoms with E-state index >= 15 is 0 Å². The zero-order valence-electron chi connectivity index (χ0n) is 17.9. The highest BCUT2D eigenvalue weighted by atomic mass is 79.9. The van der Waals surface area contributed by atoms with Crippen LogP contribution in [0.4, 0.5) is 4.79 Å². The Bertz CT molecular complexity index is 661. The number of likely N-dealkylation sites (tertiary alicyclic amines) is 1. The molecule has 1 aromatic rings. The second kappa shape index (κ2) is 7.88. The Labute approximate surface area is 173 Å². The molecule has 2 atom stereocenters. The van der Waals surface area contributed by atoms with Gasteiger partial charge in [0.15, 0.2) is 8.32 Å². The zero-order chi connectivity index (χ0) is 20.6. The molecule has 2 rings (SSSR count). The third-order valence-corrected chi connectivity index (χ3v) is 10.5. The third-order valence-electron chi connectivity index (χ3n) is 5.41. The number of ether oxygens (including phenoxy) is 1. The van der Waals surface area contributed by atoms with Crippen LogP contribution < -0.4 is 0 Å². The van der Waals surface area contributed by atoms with Crippen molar-refractivity contribution < 1.29 is 14.0 Å². The van der Waals surface area contributed by atoms with Gasteiger partial charge >= 0.3 is 6.09 Å². The molecule has 0 radical (unpaired) electrons. The maximum absolute atomic E-state index is 12.9. The molecule has 1 aliphatic heterocycles. The van der Waals surface area contributed by atoms with Crippen LogP contribution in [0.5, 0.6) is 0 Å². The number of hydrogen-bond acceptors (Lipinski definition) is 3. The van der Waals surface area contributed by atoms with Crippen molar-refractivity contribution in [1.29, 1.82) is 0 Å². The number of benzene rings is 1. The van der Waals surface area contributed by atoms with Gasteiger partial charge in [0, 0.05) is 11.0 Å². The van der Waals surface area contributed by atoms with E-state index in [1.807, 2.05) is 37.8 Å². The standard InChI is InChI=1S/C21H34BrNO3Si/c1-20(2,3)25-19(24)23-14-17(26-27(7,8)21(4,5)6)13-18(23)15-9-11-16(22)12-10-15/h9-12,17-18H,13-14H2,1-8H3/t17-,18-/m1/s1. The molecule has 1 amide bonds. The molecule has 0 aliphatic carbocycles. The quantitative estimate of drug-likeness (QED) is 0.486. The average molecular weight is 456 g/mol. The monoisotopic (exact) mass is 455 g/mol. The molecular formula is C21H34BrNO3Si. The van der Waals surface area contributed by atoms with Crippen molar-refractivity contribution in [2.24, 2.45) is 0 Å². The van der Waals surface area contributed by atoms with E-state index in [0.717, 1.165) is 16.5 Å². The summed E-state index contributed by atoms with van der Waals surface area (Å²) in [5.41, 5.74) is 0.602. The maximum Gasteiger partial charge on any atom is 0.410 e. The molecule has 1 saturated heterocycles. The molecule has 6 heteroatoms. The summed E-state index contributed by atoms with van der Waals surface area (Å²) < 4.78 is 13.3. The van der Waals surface area contributed by atoms with Gasteiger partial charge in [-0.05, 0) is 63.0 Å². The largest absolute Gasteiger partial charge is 0.444 e. The van der Waals surface area contributed by atoms with Crippen LogP contribution in [0.15, 0.2) is 28.7 Å². The summed E-state index contributed by atoms with van der Waals surface area (Å²) in [7, 11) is -1.91. The number of halogens is 1. The van der Waals surface area contributed by atoms with Crippen LogP contribution in [0.1, 0.15) is 59.6 Å². The highest BCUT2D eigenvalue weighted by Gasteiger charge is 2.44. The lowest BCUT2D eigenvalue weighted by Crippen LogP contribution is -2.45. The normalized spacial score (nSPS) is 21.4. The fourth-order valence-corrected chi connectivity index (χ4v) is 4.62. The number of hydrogen-bond donors (Lipinski definition) is 0. The minimum atomic E-state index is -1.91. The molecular weight excluding hydrogens is 422 g/mol. The maximum atomic E-state index is 12.9. The molecule has 0 unspecified atom stereocenters. The summed E-state index contributed by atoms with van der Waals surface area (Å²) >= 11 is 3.49. The second-order valence-electron chi connectivity index (χ2n) is 9.94. The van der Waals surface area contributed by atoms with Crippen molar-refractivity contribution in [3.63, 3.8) is 0 Å². The number of rotatable bonds is 3. The van der Waals surface area contributed by atoms with Crippen LogP contribution >= 0.6 is 15.9 Å². The molecule has 1 heterocycles. The molecule has 0 aromatic heterocycles. The van der Waals surface area contributed by atoms with Crippen molar-refractivity contribution in [1.82, 2.24) is 4.90 Å². The molecule has 0 saturated carbocycles. The molecule has 4 nitrogen and oxygen atoms in total. The van der Waals surface area contributed by atoms with Gasteiger partial charge in [0.1, 0.15) is 5.60 Å². The van der Waals surface area contributed by atoms with Gasteiger partial charge in [0.25, 0.3) is 0 Å². The molecule has 0 bridgehead atoms. The van der Waals surface area contributed by atoms with Gasteiger partial charge in [-0.3, -0.25) is 4.90 Å². The van der Waals surface area contributed by atoms with E-state index in [9.17, 15) is 4.79 Å². The Morgan fingerprint density at radius 3 is 2.15 bits per heavy atom. The van der Waals surface area contributed by atoms with Crippen LogP contribution in [0.3, 0.4) is 0 Å². The van der Waals surface area contributed by atoms with E-state index in [2.05, 4.69) is 61.9 Å². The summed E-state index contributed by atoms with van der Waals surface area (Å²) in [6.45, 7) is 17.5. The minimum Gasteiger partial charge on any atom is -0.444 e. The van der Waals surface area contributed by atoms with E-state index in [0.29, 0.717) is 6.54 Å². The topological polar surface area (TPSA) is 38.8 Å². The molecule has 152 valence electrons. The van der Waals surface area contributed by atoms with E-state index in [1.165, 1.54) is 0 Å². The van der Waals surface area contributed by atoms with Gasteiger partial charge in [0.05, 0.1) is 12.1 Å². The fraction of sp³-hybridized carbons (Fsp3) is 0.667. The lowest BCUT2D eigenvalue weighted by Gasteiger charge is -2.38. The van der Waals surface area contributed by atoms with E-state index in [4.69, 9.17) is 9.16 Å². The molecule has 0 N–H and O–H groups in total. The summed E-state index contributed by atoms with van der Waals surface area (Å²) in [6, 6.07) is 8.15. The lowest BCUT2D eigenvalue weighted by atomic mass is 10.0. The average Bonchev–Trinajstić information content (AvgIpc) is 2.88. The molecule has 0 spiro atoms. The zero-order valence-corrected chi connectivity index (χ0v) is 20.5. The Kier molecular flexibility index (Phi) is 6.54. The molecule has 1 aromatic carbocycles. The van der Waals surface area contributed by atoms with Gasteiger partial charge in [-0.25, -0.2) is 4.79 Å². The Hall–Kier alpha value is -0.853. The first-order valence-corrected chi connectivity index (χ1v) is 13.3. The van der Waals surface area contributed by atoms with Crippen molar-refractivity contribution in [3.8, 4) is 0 Å². The van der Waals surface area contributed by atoms with E-state index in [-0.39, 0.29) is 23.3 Å². The first-order chi connectivity index (χ1) is 12.2. The van der Waals surface area contributed by atoms with Crippen LogP contribution in [-0.2, 0) is 9.16 Å². The van der Waals surface area contributed by atoms with E-state index < -0.39 is 13.9 Å². The van der Waals surface area contributed by atoms with Gasteiger partial charge in [-0.15, -0.1) is 0 Å². The predicted octanol–water partition coefficient (Wildman–Crippen LogP) is 6.52. The number of carbonyl (C=O) groups excluding carboxylic acids is 1. The summed E-state index contributed by atoms with van der Waals surface area (Å²) in [5, 5.41) is 0.138. The van der Waals surface area contributed by atoms with Gasteiger partial charge in [0.2, 0.25) is 0 Å². The summed E-state index contributed by atoms with van der Waals surface area (Å²) in [4.78, 5) is 14.7. The third kappa shape index (κ3) is 5.81. The van der Waals surface area contributed by atoms with Gasteiger partial charge in [-0.2, -0.15) is 0 Å². The first kappa shape index (κ1) is 22.4. The van der Waals surface area contributed by atoms with Gasteiger partial charge in [-0.1, -0.05) is 48.8 Å². The Balaban J connectivity index is 2.25.